The van der Waals surface area contributed by atoms with Gasteiger partial charge < -0.3 is 15.1 Å². The Morgan fingerprint density at radius 3 is 2.62 bits per heavy atom. The molecule has 0 aliphatic carbocycles. The minimum Gasteiger partial charge on any atom is -0.508 e. The monoisotopic (exact) mass is 389 g/mol. The summed E-state index contributed by atoms with van der Waals surface area (Å²) in [4.78, 5) is 2.35. The number of unbranched alkanes of at least 4 members (excludes halogenated alkanes) is 2. The van der Waals surface area contributed by atoms with Crippen molar-refractivity contribution in [2.24, 2.45) is 0 Å². The van der Waals surface area contributed by atoms with Crippen molar-refractivity contribution in [3.05, 3.63) is 58.1 Å². The maximum absolute atomic E-state index is 10.5. The number of phenolic OH excluding ortho intramolecular Hbond substituents is 1. The van der Waals surface area contributed by atoms with Gasteiger partial charge in [0, 0.05) is 28.8 Å². The van der Waals surface area contributed by atoms with E-state index in [1.54, 1.807) is 6.07 Å². The smallest absolute Gasteiger partial charge is 0.120 e. The van der Waals surface area contributed by atoms with Gasteiger partial charge in [0.15, 0.2) is 0 Å². The molecule has 128 valence electrons. The lowest BCUT2D eigenvalue weighted by molar-refractivity contribution is 0.225. The number of hydrogen-bond donors (Lipinski definition) is 2. The van der Waals surface area contributed by atoms with Crippen LogP contribution in [0.1, 0.15) is 37.3 Å². The minimum atomic E-state index is -0.576. The molecule has 24 heavy (non-hydrogen) atoms. The van der Waals surface area contributed by atoms with Crippen molar-refractivity contribution in [1.29, 1.82) is 0 Å². The molecule has 0 bridgehead atoms. The number of para-hydroxylation sites is 1. The average molecular weight is 390 g/mol. The summed E-state index contributed by atoms with van der Waals surface area (Å²) in [5.41, 5.74) is 2.48. The Morgan fingerprint density at radius 2 is 1.92 bits per heavy atom. The first kappa shape index (κ1) is 17.3. The lowest BCUT2D eigenvalue weighted by atomic mass is 9.76. The van der Waals surface area contributed by atoms with Crippen molar-refractivity contribution in [2.75, 3.05) is 24.6 Å². The summed E-state index contributed by atoms with van der Waals surface area (Å²) in [7, 11) is 0. The minimum absolute atomic E-state index is 0.0243. The van der Waals surface area contributed by atoms with Gasteiger partial charge in [0.2, 0.25) is 0 Å². The van der Waals surface area contributed by atoms with Crippen LogP contribution >= 0.6 is 15.9 Å². The maximum Gasteiger partial charge on any atom is 0.120 e. The van der Waals surface area contributed by atoms with Gasteiger partial charge in [-0.2, -0.15) is 0 Å². The molecule has 4 heteroatoms. The molecule has 0 saturated heterocycles. The molecule has 0 amide bonds. The van der Waals surface area contributed by atoms with Crippen LogP contribution in [-0.2, 0) is 5.41 Å². The van der Waals surface area contributed by atoms with Crippen molar-refractivity contribution in [3.63, 3.8) is 0 Å². The molecule has 2 aromatic carbocycles. The standard InChI is InChI=1S/C20H24BrNO2/c1-2-3-6-11-22-13-20(14-23,16-7-4-5-8-18(16)22)17-10-9-15(21)12-19(17)24/h4-5,7-10,12,23-24H,2-3,6,11,13-14H2,1H3. The molecule has 0 fully saturated rings. The van der Waals surface area contributed by atoms with Gasteiger partial charge in [0.05, 0.1) is 12.0 Å². The third-order valence-corrected chi connectivity index (χ3v) is 5.49. The van der Waals surface area contributed by atoms with Crippen molar-refractivity contribution in [3.8, 4) is 5.75 Å². The average Bonchev–Trinajstić information content (AvgIpc) is 2.90. The summed E-state index contributed by atoms with van der Waals surface area (Å²) in [6.45, 7) is 3.85. The van der Waals surface area contributed by atoms with Gasteiger partial charge in [0.1, 0.15) is 5.75 Å². The van der Waals surface area contributed by atoms with Crippen LogP contribution in [0, 0.1) is 0 Å². The van der Waals surface area contributed by atoms with Crippen LogP contribution in [0.2, 0.25) is 0 Å². The van der Waals surface area contributed by atoms with E-state index >= 15 is 0 Å². The van der Waals surface area contributed by atoms with Crippen LogP contribution in [0.3, 0.4) is 0 Å². The fourth-order valence-corrected chi connectivity index (χ4v) is 4.11. The molecule has 2 N–H and O–H groups in total. The van der Waals surface area contributed by atoms with E-state index in [0.717, 1.165) is 28.6 Å². The second-order valence-electron chi connectivity index (χ2n) is 6.55. The maximum atomic E-state index is 10.5. The zero-order chi connectivity index (χ0) is 17.2. The van der Waals surface area contributed by atoms with Crippen LogP contribution < -0.4 is 4.90 Å². The number of hydrogen-bond acceptors (Lipinski definition) is 3. The second-order valence-corrected chi connectivity index (χ2v) is 7.46. The Morgan fingerprint density at radius 1 is 1.12 bits per heavy atom. The third-order valence-electron chi connectivity index (χ3n) is 5.00. The predicted octanol–water partition coefficient (Wildman–Crippen LogP) is 4.44. The van der Waals surface area contributed by atoms with Crippen molar-refractivity contribution in [2.45, 2.75) is 31.6 Å². The Bertz CT molecular complexity index is 719. The number of phenols is 1. The zero-order valence-electron chi connectivity index (χ0n) is 14.0. The number of nitrogens with zero attached hydrogens (tertiary/aromatic N) is 1. The number of fused-ring (bicyclic) bond motifs is 1. The van der Waals surface area contributed by atoms with E-state index in [9.17, 15) is 10.2 Å². The lowest BCUT2D eigenvalue weighted by Gasteiger charge is -2.30. The first-order chi connectivity index (χ1) is 11.6. The van der Waals surface area contributed by atoms with E-state index in [0.29, 0.717) is 6.54 Å². The fraction of sp³-hybridized carbons (Fsp3) is 0.400. The highest BCUT2D eigenvalue weighted by Gasteiger charge is 2.44. The summed E-state index contributed by atoms with van der Waals surface area (Å²) >= 11 is 3.40. The van der Waals surface area contributed by atoms with Gasteiger partial charge >= 0.3 is 0 Å². The summed E-state index contributed by atoms with van der Waals surface area (Å²) in [5.74, 6) is 0.226. The van der Waals surface area contributed by atoms with Crippen LogP contribution in [-0.4, -0.2) is 29.9 Å². The molecule has 0 aromatic heterocycles. The highest BCUT2D eigenvalue weighted by atomic mass is 79.9. The molecule has 3 nitrogen and oxygen atoms in total. The quantitative estimate of drug-likeness (QED) is 0.717. The second kappa shape index (κ2) is 7.16. The van der Waals surface area contributed by atoms with Crippen LogP contribution in [0.5, 0.6) is 5.75 Å². The molecule has 1 heterocycles. The van der Waals surface area contributed by atoms with Crippen LogP contribution in [0.25, 0.3) is 0 Å². The largest absolute Gasteiger partial charge is 0.508 e. The number of rotatable bonds is 6. The van der Waals surface area contributed by atoms with Crippen LogP contribution in [0.15, 0.2) is 46.9 Å². The van der Waals surface area contributed by atoms with Crippen LogP contribution in [0.4, 0.5) is 5.69 Å². The van der Waals surface area contributed by atoms with E-state index in [1.165, 1.54) is 18.5 Å². The van der Waals surface area contributed by atoms with Crippen molar-refractivity contribution < 1.29 is 10.2 Å². The molecule has 1 aliphatic heterocycles. The molecule has 1 aliphatic rings. The molecular formula is C20H24BrNO2. The molecule has 0 spiro atoms. The van der Waals surface area contributed by atoms with E-state index in [2.05, 4.69) is 39.9 Å². The first-order valence-electron chi connectivity index (χ1n) is 8.56. The Labute approximate surface area is 152 Å². The third kappa shape index (κ3) is 2.93. The Balaban J connectivity index is 2.05. The number of benzene rings is 2. The highest BCUT2D eigenvalue weighted by Crippen LogP contribution is 2.47. The SMILES string of the molecule is CCCCCN1CC(CO)(c2ccc(Br)cc2O)c2ccccc21. The van der Waals surface area contributed by atoms with Crippen molar-refractivity contribution in [1.82, 2.24) is 0 Å². The van der Waals surface area contributed by atoms with E-state index in [4.69, 9.17) is 0 Å². The summed E-state index contributed by atoms with van der Waals surface area (Å²) in [6.07, 6.45) is 3.53. The van der Waals surface area contributed by atoms with E-state index < -0.39 is 5.41 Å². The van der Waals surface area contributed by atoms with Gasteiger partial charge in [0.25, 0.3) is 0 Å². The predicted molar refractivity (Wildman–Crippen MR) is 102 cm³/mol. The highest BCUT2D eigenvalue weighted by molar-refractivity contribution is 9.10. The molecule has 1 unspecified atom stereocenters. The summed E-state index contributed by atoms with van der Waals surface area (Å²) in [5, 5.41) is 20.9. The molecular weight excluding hydrogens is 366 g/mol. The van der Waals surface area contributed by atoms with E-state index in [1.807, 2.05) is 24.3 Å². The van der Waals surface area contributed by atoms with Gasteiger partial charge in [-0.05, 0) is 30.2 Å². The van der Waals surface area contributed by atoms with Gasteiger partial charge in [-0.3, -0.25) is 0 Å². The Hall–Kier alpha value is -1.52. The number of halogens is 1. The number of aromatic hydroxyl groups is 1. The van der Waals surface area contributed by atoms with Gasteiger partial charge in [-0.25, -0.2) is 0 Å². The topological polar surface area (TPSA) is 43.7 Å². The van der Waals surface area contributed by atoms with Gasteiger partial charge in [-0.15, -0.1) is 0 Å². The molecule has 0 radical (unpaired) electrons. The molecule has 2 aromatic rings. The molecule has 0 saturated carbocycles. The summed E-state index contributed by atoms with van der Waals surface area (Å²) < 4.78 is 0.836. The Kier molecular flexibility index (Phi) is 5.16. The zero-order valence-corrected chi connectivity index (χ0v) is 15.6. The number of anilines is 1. The lowest BCUT2D eigenvalue weighted by Crippen LogP contribution is -2.38. The first-order valence-corrected chi connectivity index (χ1v) is 9.36. The molecule has 3 rings (SSSR count). The van der Waals surface area contributed by atoms with E-state index in [-0.39, 0.29) is 12.4 Å². The van der Waals surface area contributed by atoms with Crippen molar-refractivity contribution >= 4 is 21.6 Å². The number of aliphatic hydroxyl groups excluding tert-OH is 1. The van der Waals surface area contributed by atoms with Gasteiger partial charge in [-0.1, -0.05) is 60.0 Å². The normalized spacial score (nSPS) is 19.5. The molecule has 1 atom stereocenters. The fourth-order valence-electron chi connectivity index (χ4n) is 3.76. The number of aliphatic hydroxyl groups is 1. The summed E-state index contributed by atoms with van der Waals surface area (Å²) in [6, 6.07) is 13.8.